The van der Waals surface area contributed by atoms with E-state index in [0.717, 1.165) is 16.7 Å². The molecule has 0 saturated heterocycles. The molecule has 0 saturated carbocycles. The average Bonchev–Trinajstić information content (AvgIpc) is 3.15. The van der Waals surface area contributed by atoms with Crippen molar-refractivity contribution in [2.75, 3.05) is 0 Å². The van der Waals surface area contributed by atoms with Gasteiger partial charge in [-0.2, -0.15) is 0 Å². The van der Waals surface area contributed by atoms with E-state index in [-0.39, 0.29) is 11.0 Å². The van der Waals surface area contributed by atoms with Crippen LogP contribution in [0.2, 0.25) is 0 Å². The van der Waals surface area contributed by atoms with Gasteiger partial charge in [-0.25, -0.2) is 0 Å². The molecule has 3 aromatic rings. The first-order valence-corrected chi connectivity index (χ1v) is 7.72. The van der Waals surface area contributed by atoms with Crippen molar-refractivity contribution >= 4 is 17.5 Å². The first-order chi connectivity index (χ1) is 10.8. The van der Waals surface area contributed by atoms with Gasteiger partial charge in [0.1, 0.15) is 0 Å². The molecule has 0 radical (unpaired) electrons. The number of hydrogen-bond donors (Lipinski definition) is 0. The fourth-order valence-corrected chi connectivity index (χ4v) is 3.45. The van der Waals surface area contributed by atoms with E-state index in [1.54, 1.807) is 24.5 Å². The van der Waals surface area contributed by atoms with Crippen molar-refractivity contribution in [3.63, 3.8) is 0 Å². The first kappa shape index (κ1) is 13.2. The Morgan fingerprint density at radius 1 is 1.09 bits per heavy atom. The molecule has 0 bridgehead atoms. The largest absolute Gasteiger partial charge is 0.411 e. The Morgan fingerprint density at radius 3 is 2.73 bits per heavy atom. The van der Waals surface area contributed by atoms with E-state index in [1.807, 2.05) is 24.3 Å². The number of carbonyl (C=O) groups is 1. The van der Waals surface area contributed by atoms with Crippen LogP contribution in [-0.2, 0) is 6.42 Å². The minimum absolute atomic E-state index is 0.129. The third kappa shape index (κ3) is 2.31. The second-order valence-electron chi connectivity index (χ2n) is 4.94. The molecule has 0 N–H and O–H groups in total. The van der Waals surface area contributed by atoms with Gasteiger partial charge in [-0.1, -0.05) is 36.0 Å². The Balaban J connectivity index is 1.54. The van der Waals surface area contributed by atoms with Crippen molar-refractivity contribution in [3.05, 3.63) is 59.9 Å². The Morgan fingerprint density at radius 2 is 1.91 bits per heavy atom. The summed E-state index contributed by atoms with van der Waals surface area (Å²) in [5, 5.41) is 8.28. The smallest absolute Gasteiger partial charge is 0.277 e. The number of aromatic nitrogens is 3. The van der Waals surface area contributed by atoms with Crippen LogP contribution in [0.4, 0.5) is 0 Å². The highest BCUT2D eigenvalue weighted by molar-refractivity contribution is 8.00. The van der Waals surface area contributed by atoms with Crippen molar-refractivity contribution in [3.8, 4) is 11.5 Å². The molecule has 0 amide bonds. The summed E-state index contributed by atoms with van der Waals surface area (Å²) in [4.78, 5) is 16.3. The van der Waals surface area contributed by atoms with E-state index >= 15 is 0 Å². The van der Waals surface area contributed by atoms with Gasteiger partial charge < -0.3 is 4.42 Å². The molecule has 4 rings (SSSR count). The molecule has 2 heterocycles. The zero-order valence-corrected chi connectivity index (χ0v) is 12.3. The summed E-state index contributed by atoms with van der Waals surface area (Å²) in [6, 6.07) is 11.3. The van der Waals surface area contributed by atoms with Gasteiger partial charge in [0.15, 0.2) is 5.78 Å². The van der Waals surface area contributed by atoms with E-state index in [2.05, 4.69) is 15.2 Å². The number of rotatable bonds is 3. The molecule has 0 aliphatic heterocycles. The number of Topliss-reactive ketones (excluding diaryl/α,β-unsaturated/α-hetero) is 1. The lowest BCUT2D eigenvalue weighted by molar-refractivity contribution is 0.1000. The fraction of sp³-hybridized carbons (Fsp3) is 0.125. The SMILES string of the molecule is O=C1c2ccccc2C[C@H]1Sc1nnc(-c2ccncc2)o1. The summed E-state index contributed by atoms with van der Waals surface area (Å²) in [7, 11) is 0. The fourth-order valence-electron chi connectivity index (χ4n) is 2.49. The summed E-state index contributed by atoms with van der Waals surface area (Å²) in [6.07, 6.45) is 4.04. The molecule has 6 heteroatoms. The van der Waals surface area contributed by atoms with Crippen molar-refractivity contribution in [1.29, 1.82) is 0 Å². The van der Waals surface area contributed by atoms with E-state index < -0.39 is 0 Å². The Kier molecular flexibility index (Phi) is 3.23. The Labute approximate surface area is 130 Å². The van der Waals surface area contributed by atoms with Crippen LogP contribution in [0.5, 0.6) is 0 Å². The molecule has 1 aliphatic carbocycles. The normalized spacial score (nSPS) is 16.7. The van der Waals surface area contributed by atoms with Crippen molar-refractivity contribution in [1.82, 2.24) is 15.2 Å². The third-order valence-corrected chi connectivity index (χ3v) is 4.59. The molecular weight excluding hydrogens is 298 g/mol. The molecule has 22 heavy (non-hydrogen) atoms. The number of fused-ring (bicyclic) bond motifs is 1. The highest BCUT2D eigenvalue weighted by Crippen LogP contribution is 2.34. The number of nitrogens with zero attached hydrogens (tertiary/aromatic N) is 3. The van der Waals surface area contributed by atoms with Crippen LogP contribution in [0, 0.1) is 0 Å². The van der Waals surface area contributed by atoms with Crippen LogP contribution in [0.1, 0.15) is 15.9 Å². The zero-order valence-electron chi connectivity index (χ0n) is 11.5. The maximum Gasteiger partial charge on any atom is 0.277 e. The molecule has 0 fully saturated rings. The van der Waals surface area contributed by atoms with Gasteiger partial charge in [0, 0.05) is 23.5 Å². The second kappa shape index (κ2) is 5.38. The topological polar surface area (TPSA) is 68.9 Å². The first-order valence-electron chi connectivity index (χ1n) is 6.84. The Bertz CT molecular complexity index is 832. The second-order valence-corrected chi connectivity index (χ2v) is 6.10. The third-order valence-electron chi connectivity index (χ3n) is 3.56. The number of ketones is 1. The van der Waals surface area contributed by atoms with Gasteiger partial charge in [-0.15, -0.1) is 10.2 Å². The van der Waals surface area contributed by atoms with Crippen molar-refractivity contribution in [2.24, 2.45) is 0 Å². The van der Waals surface area contributed by atoms with E-state index in [9.17, 15) is 4.79 Å². The molecule has 1 aromatic carbocycles. The van der Waals surface area contributed by atoms with Crippen LogP contribution >= 0.6 is 11.8 Å². The van der Waals surface area contributed by atoms with Crippen LogP contribution < -0.4 is 0 Å². The van der Waals surface area contributed by atoms with E-state index in [0.29, 0.717) is 17.5 Å². The summed E-state index contributed by atoms with van der Waals surface area (Å²) in [5.41, 5.74) is 2.70. The molecular formula is C16H11N3O2S. The van der Waals surface area contributed by atoms with Crippen molar-refractivity contribution < 1.29 is 9.21 Å². The number of carbonyl (C=O) groups excluding carboxylic acids is 1. The minimum Gasteiger partial charge on any atom is -0.411 e. The average molecular weight is 309 g/mol. The molecule has 0 spiro atoms. The maximum atomic E-state index is 12.4. The van der Waals surface area contributed by atoms with Gasteiger partial charge in [0.25, 0.3) is 5.22 Å². The van der Waals surface area contributed by atoms with Gasteiger partial charge in [0.2, 0.25) is 5.89 Å². The van der Waals surface area contributed by atoms with Crippen LogP contribution in [0.25, 0.3) is 11.5 Å². The minimum atomic E-state index is -0.192. The lowest BCUT2D eigenvalue weighted by Crippen LogP contribution is -2.10. The highest BCUT2D eigenvalue weighted by Gasteiger charge is 2.32. The molecule has 1 atom stereocenters. The van der Waals surface area contributed by atoms with E-state index in [4.69, 9.17) is 4.42 Å². The quantitative estimate of drug-likeness (QED) is 0.740. The number of pyridine rings is 1. The summed E-state index contributed by atoms with van der Waals surface area (Å²) < 4.78 is 5.64. The summed E-state index contributed by atoms with van der Waals surface area (Å²) >= 11 is 1.33. The summed E-state index contributed by atoms with van der Waals surface area (Å²) in [6.45, 7) is 0. The number of benzene rings is 1. The predicted molar refractivity (Wildman–Crippen MR) is 81.7 cm³/mol. The number of hydrogen-bond acceptors (Lipinski definition) is 6. The van der Waals surface area contributed by atoms with Gasteiger partial charge in [0.05, 0.1) is 5.25 Å². The van der Waals surface area contributed by atoms with Gasteiger partial charge in [-0.05, 0) is 24.1 Å². The lowest BCUT2D eigenvalue weighted by atomic mass is 10.1. The summed E-state index contributed by atoms with van der Waals surface area (Å²) in [5.74, 6) is 0.567. The predicted octanol–water partition coefficient (Wildman–Crippen LogP) is 3.03. The van der Waals surface area contributed by atoms with Gasteiger partial charge >= 0.3 is 0 Å². The maximum absolute atomic E-state index is 12.4. The van der Waals surface area contributed by atoms with Gasteiger partial charge in [-0.3, -0.25) is 9.78 Å². The molecule has 2 aromatic heterocycles. The van der Waals surface area contributed by atoms with Crippen LogP contribution in [0.3, 0.4) is 0 Å². The molecule has 108 valence electrons. The number of thioether (sulfide) groups is 1. The monoisotopic (exact) mass is 309 g/mol. The molecule has 0 unspecified atom stereocenters. The van der Waals surface area contributed by atoms with E-state index in [1.165, 1.54) is 11.8 Å². The lowest BCUT2D eigenvalue weighted by Gasteiger charge is -2.02. The molecule has 5 nitrogen and oxygen atoms in total. The molecule has 1 aliphatic rings. The standard InChI is InChI=1S/C16H11N3O2S/c20-14-12-4-2-1-3-11(12)9-13(14)22-16-19-18-15(21-16)10-5-7-17-8-6-10/h1-8,13H,9H2/t13-/m1/s1. The van der Waals surface area contributed by atoms with Crippen LogP contribution in [-0.4, -0.2) is 26.2 Å². The van der Waals surface area contributed by atoms with Crippen molar-refractivity contribution in [2.45, 2.75) is 16.9 Å². The highest BCUT2D eigenvalue weighted by atomic mass is 32.2. The Hall–Kier alpha value is -2.47. The zero-order chi connectivity index (χ0) is 14.9. The van der Waals surface area contributed by atoms with Crippen LogP contribution in [0.15, 0.2) is 58.4 Å².